The average Bonchev–Trinajstić information content (AvgIpc) is 3.14. The Hall–Kier alpha value is -2.09. The molecule has 1 unspecified atom stereocenters. The van der Waals surface area contributed by atoms with Gasteiger partial charge in [0.1, 0.15) is 18.3 Å². The predicted molar refractivity (Wildman–Crippen MR) is 86.3 cm³/mol. The summed E-state index contributed by atoms with van der Waals surface area (Å²) in [4.78, 5) is 12.3. The van der Waals surface area contributed by atoms with E-state index < -0.39 is 37.3 Å². The van der Waals surface area contributed by atoms with Crippen LogP contribution in [0.2, 0.25) is 0 Å². The Morgan fingerprint density at radius 1 is 1.32 bits per heavy atom. The molecular weight excluding hydrogens is 334 g/mol. The van der Waals surface area contributed by atoms with Crippen LogP contribution in [-0.4, -0.2) is 84.1 Å². The van der Waals surface area contributed by atoms with E-state index in [2.05, 4.69) is 20.3 Å². The molecular formula is C13H21N7O5. The van der Waals surface area contributed by atoms with Crippen LogP contribution in [-0.2, 0) is 4.74 Å². The number of nitrogen functional groups attached to an aromatic ring is 1. The number of rotatable bonds is 6. The number of nitrogens with zero attached hydrogens (tertiary/aromatic N) is 4. The van der Waals surface area contributed by atoms with Crippen molar-refractivity contribution in [1.29, 1.82) is 0 Å². The lowest BCUT2D eigenvalue weighted by molar-refractivity contribution is -0.0511. The lowest BCUT2D eigenvalue weighted by atomic mass is 10.1. The Labute approximate surface area is 142 Å². The van der Waals surface area contributed by atoms with Crippen molar-refractivity contribution in [2.45, 2.75) is 30.6 Å². The third-order valence-corrected chi connectivity index (χ3v) is 4.01. The van der Waals surface area contributed by atoms with Gasteiger partial charge >= 0.3 is 0 Å². The van der Waals surface area contributed by atoms with E-state index in [1.807, 2.05) is 0 Å². The summed E-state index contributed by atoms with van der Waals surface area (Å²) in [5.41, 5.74) is 11.7. The Balaban J connectivity index is 1.95. The van der Waals surface area contributed by atoms with E-state index in [4.69, 9.17) is 16.2 Å². The van der Waals surface area contributed by atoms with E-state index in [9.17, 15) is 20.4 Å². The van der Waals surface area contributed by atoms with Gasteiger partial charge in [0, 0.05) is 13.1 Å². The lowest BCUT2D eigenvalue weighted by Gasteiger charge is -2.17. The maximum absolute atomic E-state index is 10.2. The highest BCUT2D eigenvalue weighted by atomic mass is 16.6. The average molecular weight is 355 g/mol. The fraction of sp³-hybridized carbons (Fsp3) is 0.615. The van der Waals surface area contributed by atoms with E-state index >= 15 is 0 Å². The smallest absolute Gasteiger partial charge is 0.224 e. The number of nitrogens with two attached hydrogens (primary N) is 2. The second kappa shape index (κ2) is 7.03. The number of aliphatic hydroxyl groups is 4. The van der Waals surface area contributed by atoms with Gasteiger partial charge in [0.05, 0.1) is 19.0 Å². The maximum Gasteiger partial charge on any atom is 0.224 e. The monoisotopic (exact) mass is 355 g/mol. The fourth-order valence-corrected chi connectivity index (χ4v) is 2.65. The third kappa shape index (κ3) is 3.22. The van der Waals surface area contributed by atoms with Gasteiger partial charge in [-0.3, -0.25) is 4.57 Å². The van der Waals surface area contributed by atoms with Gasteiger partial charge in [0.2, 0.25) is 5.95 Å². The molecule has 0 aliphatic carbocycles. The minimum atomic E-state index is -1.28. The number of ether oxygens (including phenoxy) is 1. The molecule has 1 aliphatic heterocycles. The molecule has 12 heteroatoms. The van der Waals surface area contributed by atoms with Crippen molar-refractivity contribution >= 4 is 22.9 Å². The van der Waals surface area contributed by atoms with Crippen molar-refractivity contribution in [1.82, 2.24) is 19.5 Å². The minimum Gasteiger partial charge on any atom is -0.394 e. The fourth-order valence-electron chi connectivity index (χ4n) is 2.65. The summed E-state index contributed by atoms with van der Waals surface area (Å²) in [6.07, 6.45) is -3.84. The summed E-state index contributed by atoms with van der Waals surface area (Å²) < 4.78 is 6.88. The van der Waals surface area contributed by atoms with Crippen molar-refractivity contribution < 1.29 is 25.2 Å². The standard InChI is InChI=1S/C13H21N7O5/c14-1-5(22)2-16-10-7-11(19-13(15)18-10)20(4-17-7)12-9(24)8(23)6(3-21)25-12/h4-6,8-9,12,21-24H,1-3,14H2,(H3,15,16,18,19)/t5?,6-,8-,9-,12-/m1/s1. The van der Waals surface area contributed by atoms with Crippen LogP contribution in [0.3, 0.4) is 0 Å². The van der Waals surface area contributed by atoms with Gasteiger partial charge in [-0.25, -0.2) is 4.98 Å². The van der Waals surface area contributed by atoms with Crippen molar-refractivity contribution in [2.75, 3.05) is 30.7 Å². The molecule has 2 aromatic heterocycles. The first-order chi connectivity index (χ1) is 12.0. The molecule has 1 saturated heterocycles. The zero-order chi connectivity index (χ0) is 18.1. The Morgan fingerprint density at radius 3 is 2.72 bits per heavy atom. The molecule has 1 fully saturated rings. The Kier molecular flexibility index (Phi) is 4.99. The molecule has 138 valence electrons. The first-order valence-electron chi connectivity index (χ1n) is 7.70. The molecule has 1 aliphatic rings. The van der Waals surface area contributed by atoms with Gasteiger partial charge in [-0.15, -0.1) is 0 Å². The van der Waals surface area contributed by atoms with Gasteiger partial charge < -0.3 is 41.9 Å². The van der Waals surface area contributed by atoms with Crippen LogP contribution in [0.25, 0.3) is 11.2 Å². The minimum absolute atomic E-state index is 0.0502. The number of aliphatic hydroxyl groups excluding tert-OH is 4. The summed E-state index contributed by atoms with van der Waals surface area (Å²) in [6.45, 7) is -0.223. The highest BCUT2D eigenvalue weighted by molar-refractivity contribution is 5.84. The molecule has 25 heavy (non-hydrogen) atoms. The lowest BCUT2D eigenvalue weighted by Crippen LogP contribution is -2.33. The molecule has 9 N–H and O–H groups in total. The zero-order valence-electron chi connectivity index (χ0n) is 13.2. The maximum atomic E-state index is 10.2. The van der Waals surface area contributed by atoms with Gasteiger partial charge in [0.15, 0.2) is 23.2 Å². The van der Waals surface area contributed by atoms with Crippen LogP contribution < -0.4 is 16.8 Å². The molecule has 5 atom stereocenters. The molecule has 0 radical (unpaired) electrons. The van der Waals surface area contributed by atoms with Gasteiger partial charge in [-0.2, -0.15) is 9.97 Å². The van der Waals surface area contributed by atoms with Crippen molar-refractivity contribution in [3.8, 4) is 0 Å². The van der Waals surface area contributed by atoms with Crippen molar-refractivity contribution in [2.24, 2.45) is 5.73 Å². The Morgan fingerprint density at radius 2 is 2.08 bits per heavy atom. The molecule has 0 saturated carbocycles. The number of hydrogen-bond acceptors (Lipinski definition) is 11. The van der Waals surface area contributed by atoms with Crippen LogP contribution in [0.15, 0.2) is 6.33 Å². The van der Waals surface area contributed by atoms with Crippen LogP contribution >= 0.6 is 0 Å². The van der Waals surface area contributed by atoms with Gasteiger partial charge in [0.25, 0.3) is 0 Å². The topological polar surface area (TPSA) is 198 Å². The number of nitrogens with one attached hydrogen (secondary N) is 1. The predicted octanol–water partition coefficient (Wildman–Crippen LogP) is -3.25. The normalized spacial score (nSPS) is 27.7. The molecule has 2 aromatic rings. The third-order valence-electron chi connectivity index (χ3n) is 4.01. The van der Waals surface area contributed by atoms with Crippen LogP contribution in [0.1, 0.15) is 6.23 Å². The largest absolute Gasteiger partial charge is 0.394 e. The highest BCUT2D eigenvalue weighted by Gasteiger charge is 2.44. The van der Waals surface area contributed by atoms with Crippen LogP contribution in [0, 0.1) is 0 Å². The molecule has 3 heterocycles. The second-order valence-corrected chi connectivity index (χ2v) is 5.75. The molecule has 0 amide bonds. The van der Waals surface area contributed by atoms with E-state index in [-0.39, 0.29) is 24.7 Å². The molecule has 3 rings (SSSR count). The second-order valence-electron chi connectivity index (χ2n) is 5.75. The quantitative estimate of drug-likeness (QED) is 0.274. The zero-order valence-corrected chi connectivity index (χ0v) is 13.2. The van der Waals surface area contributed by atoms with E-state index in [0.717, 1.165) is 0 Å². The molecule has 0 aromatic carbocycles. The summed E-state index contributed by atoms with van der Waals surface area (Å²) >= 11 is 0. The number of aromatic nitrogens is 4. The van der Waals surface area contributed by atoms with E-state index in [1.165, 1.54) is 10.9 Å². The summed E-state index contributed by atoms with van der Waals surface area (Å²) in [5, 5.41) is 41.7. The van der Waals surface area contributed by atoms with E-state index in [1.54, 1.807) is 0 Å². The van der Waals surface area contributed by atoms with Crippen LogP contribution in [0.5, 0.6) is 0 Å². The van der Waals surface area contributed by atoms with Gasteiger partial charge in [-0.1, -0.05) is 0 Å². The van der Waals surface area contributed by atoms with Crippen molar-refractivity contribution in [3.05, 3.63) is 6.33 Å². The number of anilines is 2. The molecule has 0 spiro atoms. The highest BCUT2D eigenvalue weighted by Crippen LogP contribution is 2.32. The first-order valence-corrected chi connectivity index (χ1v) is 7.70. The first kappa shape index (κ1) is 17.7. The Bertz CT molecular complexity index is 741. The number of imidazole rings is 1. The molecule has 12 nitrogen and oxygen atoms in total. The summed E-state index contributed by atoms with van der Waals surface area (Å²) in [6, 6.07) is 0. The van der Waals surface area contributed by atoms with Crippen molar-refractivity contribution in [3.63, 3.8) is 0 Å². The summed E-state index contributed by atoms with van der Waals surface area (Å²) in [7, 11) is 0. The van der Waals surface area contributed by atoms with Gasteiger partial charge in [-0.05, 0) is 0 Å². The molecule has 0 bridgehead atoms. The number of fused-ring (bicyclic) bond motifs is 1. The summed E-state index contributed by atoms with van der Waals surface area (Å²) in [5.74, 6) is 0.242. The number of hydrogen-bond donors (Lipinski definition) is 7. The SMILES string of the molecule is NCC(O)CNc1nc(N)nc2c1ncn2[C@@H]1O[C@H](CO)[C@@H](O)[C@H]1O. The van der Waals surface area contributed by atoms with E-state index in [0.29, 0.717) is 11.3 Å². The van der Waals surface area contributed by atoms with Crippen LogP contribution in [0.4, 0.5) is 11.8 Å².